The predicted molar refractivity (Wildman–Crippen MR) is 50.9 cm³/mol. The fraction of sp³-hybridized carbons (Fsp3) is 0.444. The van der Waals surface area contributed by atoms with Gasteiger partial charge in [0, 0.05) is 6.07 Å². The summed E-state index contributed by atoms with van der Waals surface area (Å²) in [6.45, 7) is 3.65. The Morgan fingerprint density at radius 1 is 1.54 bits per heavy atom. The second kappa shape index (κ2) is 4.44. The first-order chi connectivity index (χ1) is 6.13. The van der Waals surface area contributed by atoms with Crippen LogP contribution in [0.15, 0.2) is 12.1 Å². The molecular weight excluding hydrogens is 190 g/mol. The summed E-state index contributed by atoms with van der Waals surface area (Å²) in [5.74, 6) is 0.489. The van der Waals surface area contributed by atoms with E-state index in [1.807, 2.05) is 13.8 Å². The molecule has 0 spiro atoms. The molecule has 0 saturated carbocycles. The van der Waals surface area contributed by atoms with E-state index in [9.17, 15) is 0 Å². The number of aliphatic hydroxyl groups excluding tert-OH is 1. The molecule has 0 aliphatic heterocycles. The molecule has 13 heavy (non-hydrogen) atoms. The van der Waals surface area contributed by atoms with E-state index in [1.165, 1.54) is 0 Å². The fourth-order valence-electron chi connectivity index (χ4n) is 0.882. The van der Waals surface area contributed by atoms with E-state index in [0.717, 1.165) is 0 Å². The molecule has 0 bridgehead atoms. The zero-order valence-electron chi connectivity index (χ0n) is 7.62. The summed E-state index contributed by atoms with van der Waals surface area (Å²) < 4.78 is 5.33. The Balaban J connectivity index is 2.86. The summed E-state index contributed by atoms with van der Waals surface area (Å²) in [4.78, 5) is 4.03. The molecule has 1 rings (SSSR count). The van der Waals surface area contributed by atoms with Crippen LogP contribution in [-0.4, -0.2) is 16.2 Å². The standard InChI is InChI=1S/C9H12ClNO2/c1-6(2)13-9-4-3-7(10)8(5-12)11-9/h3-4,6,12H,5H2,1-2H3. The zero-order valence-corrected chi connectivity index (χ0v) is 8.38. The number of aromatic nitrogens is 1. The summed E-state index contributed by atoms with van der Waals surface area (Å²) in [6.07, 6.45) is 0.0696. The Morgan fingerprint density at radius 3 is 2.77 bits per heavy atom. The maximum atomic E-state index is 8.87. The van der Waals surface area contributed by atoms with Crippen molar-refractivity contribution in [2.75, 3.05) is 0 Å². The molecule has 1 heterocycles. The van der Waals surface area contributed by atoms with Crippen LogP contribution in [0.5, 0.6) is 5.88 Å². The van der Waals surface area contributed by atoms with Gasteiger partial charge in [-0.15, -0.1) is 0 Å². The molecule has 0 aliphatic rings. The molecular formula is C9H12ClNO2. The SMILES string of the molecule is CC(C)Oc1ccc(Cl)c(CO)n1. The lowest BCUT2D eigenvalue weighted by molar-refractivity contribution is 0.227. The third-order valence-electron chi connectivity index (χ3n) is 1.40. The first-order valence-electron chi connectivity index (χ1n) is 4.06. The van der Waals surface area contributed by atoms with Crippen LogP contribution >= 0.6 is 11.6 Å². The first-order valence-corrected chi connectivity index (χ1v) is 4.44. The molecule has 1 aromatic heterocycles. The Kier molecular flexibility index (Phi) is 3.51. The van der Waals surface area contributed by atoms with Crippen LogP contribution in [0.25, 0.3) is 0 Å². The minimum Gasteiger partial charge on any atom is -0.475 e. The van der Waals surface area contributed by atoms with Crippen molar-refractivity contribution in [2.45, 2.75) is 26.6 Å². The third-order valence-corrected chi connectivity index (χ3v) is 1.74. The van der Waals surface area contributed by atoms with Crippen LogP contribution in [0.4, 0.5) is 0 Å². The predicted octanol–water partition coefficient (Wildman–Crippen LogP) is 2.01. The highest BCUT2D eigenvalue weighted by Crippen LogP contribution is 2.18. The lowest BCUT2D eigenvalue weighted by atomic mass is 10.3. The van der Waals surface area contributed by atoms with E-state index in [0.29, 0.717) is 16.6 Å². The van der Waals surface area contributed by atoms with Gasteiger partial charge in [-0.2, -0.15) is 0 Å². The molecule has 0 atom stereocenters. The smallest absolute Gasteiger partial charge is 0.213 e. The van der Waals surface area contributed by atoms with Crippen molar-refractivity contribution in [3.8, 4) is 5.88 Å². The number of aliphatic hydroxyl groups is 1. The molecule has 3 nitrogen and oxygen atoms in total. The highest BCUT2D eigenvalue weighted by molar-refractivity contribution is 6.31. The zero-order chi connectivity index (χ0) is 9.84. The van der Waals surface area contributed by atoms with Crippen LogP contribution in [-0.2, 0) is 6.61 Å². The highest BCUT2D eigenvalue weighted by Gasteiger charge is 2.04. The number of pyridine rings is 1. The maximum Gasteiger partial charge on any atom is 0.213 e. The largest absolute Gasteiger partial charge is 0.475 e. The number of halogens is 1. The molecule has 0 unspecified atom stereocenters. The topological polar surface area (TPSA) is 42.4 Å². The lowest BCUT2D eigenvalue weighted by Gasteiger charge is -2.09. The quantitative estimate of drug-likeness (QED) is 0.814. The summed E-state index contributed by atoms with van der Waals surface area (Å²) in [7, 11) is 0. The molecule has 0 radical (unpaired) electrons. The van der Waals surface area contributed by atoms with Crippen LogP contribution in [0.3, 0.4) is 0 Å². The van der Waals surface area contributed by atoms with Gasteiger partial charge in [0.1, 0.15) is 0 Å². The van der Waals surface area contributed by atoms with Gasteiger partial charge in [-0.3, -0.25) is 0 Å². The Hall–Kier alpha value is -0.800. The molecule has 1 aromatic rings. The molecule has 72 valence electrons. The van der Waals surface area contributed by atoms with Gasteiger partial charge in [0.05, 0.1) is 23.4 Å². The third kappa shape index (κ3) is 2.86. The number of nitrogens with zero attached hydrogens (tertiary/aromatic N) is 1. The van der Waals surface area contributed by atoms with E-state index in [1.54, 1.807) is 12.1 Å². The van der Waals surface area contributed by atoms with E-state index in [4.69, 9.17) is 21.4 Å². The minimum atomic E-state index is -0.172. The fourth-order valence-corrected chi connectivity index (χ4v) is 1.05. The van der Waals surface area contributed by atoms with Crippen molar-refractivity contribution in [1.82, 2.24) is 4.98 Å². The Bertz CT molecular complexity index is 289. The van der Waals surface area contributed by atoms with E-state index in [2.05, 4.69) is 4.98 Å². The van der Waals surface area contributed by atoms with Crippen molar-refractivity contribution >= 4 is 11.6 Å². The lowest BCUT2D eigenvalue weighted by Crippen LogP contribution is -2.07. The van der Waals surface area contributed by atoms with Gasteiger partial charge in [-0.25, -0.2) is 4.98 Å². The number of hydrogen-bond donors (Lipinski definition) is 1. The normalized spacial score (nSPS) is 10.5. The molecule has 0 amide bonds. The van der Waals surface area contributed by atoms with Crippen molar-refractivity contribution in [3.63, 3.8) is 0 Å². The van der Waals surface area contributed by atoms with Gasteiger partial charge in [-0.05, 0) is 19.9 Å². The van der Waals surface area contributed by atoms with Crippen LogP contribution in [0.2, 0.25) is 5.02 Å². The van der Waals surface area contributed by atoms with Gasteiger partial charge < -0.3 is 9.84 Å². The molecule has 4 heteroatoms. The molecule has 0 aromatic carbocycles. The van der Waals surface area contributed by atoms with Gasteiger partial charge in [0.2, 0.25) is 5.88 Å². The van der Waals surface area contributed by atoms with E-state index >= 15 is 0 Å². The second-order valence-electron chi connectivity index (χ2n) is 2.90. The monoisotopic (exact) mass is 201 g/mol. The van der Waals surface area contributed by atoms with Crippen LogP contribution in [0, 0.1) is 0 Å². The van der Waals surface area contributed by atoms with E-state index < -0.39 is 0 Å². The number of hydrogen-bond acceptors (Lipinski definition) is 3. The van der Waals surface area contributed by atoms with Gasteiger partial charge in [0.15, 0.2) is 0 Å². The number of rotatable bonds is 3. The van der Waals surface area contributed by atoms with Crippen molar-refractivity contribution < 1.29 is 9.84 Å². The average Bonchev–Trinajstić information content (AvgIpc) is 2.07. The van der Waals surface area contributed by atoms with Crippen molar-refractivity contribution in [2.24, 2.45) is 0 Å². The van der Waals surface area contributed by atoms with Crippen molar-refractivity contribution in [1.29, 1.82) is 0 Å². The second-order valence-corrected chi connectivity index (χ2v) is 3.31. The summed E-state index contributed by atoms with van der Waals surface area (Å²) in [5.41, 5.74) is 0.444. The molecule has 0 saturated heterocycles. The summed E-state index contributed by atoms with van der Waals surface area (Å²) >= 11 is 5.75. The van der Waals surface area contributed by atoms with Crippen molar-refractivity contribution in [3.05, 3.63) is 22.8 Å². The van der Waals surface area contributed by atoms with Gasteiger partial charge in [-0.1, -0.05) is 11.6 Å². The molecule has 1 N–H and O–H groups in total. The number of ether oxygens (including phenoxy) is 1. The van der Waals surface area contributed by atoms with Crippen LogP contribution < -0.4 is 4.74 Å². The van der Waals surface area contributed by atoms with Gasteiger partial charge >= 0.3 is 0 Å². The minimum absolute atomic E-state index is 0.0696. The maximum absolute atomic E-state index is 8.87. The summed E-state index contributed by atoms with van der Waals surface area (Å²) in [6, 6.07) is 3.35. The molecule has 0 aliphatic carbocycles. The van der Waals surface area contributed by atoms with Gasteiger partial charge in [0.25, 0.3) is 0 Å². The Labute approximate surface area is 82.3 Å². The van der Waals surface area contributed by atoms with Crippen LogP contribution in [0.1, 0.15) is 19.5 Å². The first kappa shape index (κ1) is 10.3. The highest BCUT2D eigenvalue weighted by atomic mass is 35.5. The summed E-state index contributed by atoms with van der Waals surface area (Å²) in [5, 5.41) is 9.33. The average molecular weight is 202 g/mol. The van der Waals surface area contributed by atoms with E-state index in [-0.39, 0.29) is 12.7 Å². The molecule has 0 fully saturated rings. The Morgan fingerprint density at radius 2 is 2.23 bits per heavy atom.